The van der Waals surface area contributed by atoms with Crippen LogP contribution in [0.2, 0.25) is 0 Å². The summed E-state index contributed by atoms with van der Waals surface area (Å²) in [5.74, 6) is 3.18. The fraction of sp³-hybridized carbons (Fsp3) is 0.448. The number of rotatable bonds is 12. The van der Waals surface area contributed by atoms with E-state index in [9.17, 15) is 0 Å². The maximum absolute atomic E-state index is 5.40. The largest absolute Gasteiger partial charge is 0.497 e. The van der Waals surface area contributed by atoms with Crippen molar-refractivity contribution in [2.45, 2.75) is 12.8 Å². The Hall–Kier alpha value is -2.35. The van der Waals surface area contributed by atoms with Crippen LogP contribution in [0.4, 0.5) is 5.82 Å². The van der Waals surface area contributed by atoms with E-state index in [0.29, 0.717) is 0 Å². The van der Waals surface area contributed by atoms with Gasteiger partial charge >= 0.3 is 0 Å². The summed E-state index contributed by atoms with van der Waals surface area (Å²) in [5.41, 5.74) is 3.14. The molecule has 36 heavy (non-hydrogen) atoms. The molecule has 191 valence electrons. The lowest BCUT2D eigenvalue weighted by Gasteiger charge is -2.35. The monoisotopic (exact) mass is 487 g/mol. The second-order valence-corrected chi connectivity index (χ2v) is 9.93. The van der Waals surface area contributed by atoms with Crippen molar-refractivity contribution in [1.29, 1.82) is 0 Å². The van der Waals surface area contributed by atoms with Gasteiger partial charge in [-0.25, -0.2) is 4.98 Å². The number of nitrogens with zero attached hydrogens (tertiary/aromatic N) is 5. The minimum Gasteiger partial charge on any atom is -0.497 e. The summed E-state index contributed by atoms with van der Waals surface area (Å²) in [5, 5.41) is 3.59. The van der Waals surface area contributed by atoms with Crippen LogP contribution in [0.25, 0.3) is 16.6 Å². The lowest BCUT2D eigenvalue weighted by atomic mass is 10.1. The molecule has 2 aliphatic rings. The van der Waals surface area contributed by atoms with Gasteiger partial charge in [-0.3, -0.25) is 0 Å². The molecule has 2 aromatic heterocycles. The number of aromatic nitrogens is 2. The molecule has 5 rings (SSSR count). The van der Waals surface area contributed by atoms with Crippen LogP contribution in [-0.4, -0.2) is 97.1 Å². The molecule has 1 saturated heterocycles. The minimum atomic E-state index is 0.830. The van der Waals surface area contributed by atoms with Crippen molar-refractivity contribution in [3.05, 3.63) is 68.1 Å². The van der Waals surface area contributed by atoms with Crippen LogP contribution in [-0.2, 0) is 0 Å². The maximum atomic E-state index is 5.40. The molecule has 7 nitrogen and oxygen atoms in total. The van der Waals surface area contributed by atoms with E-state index in [1.165, 1.54) is 45.1 Å². The second kappa shape index (κ2) is 12.3. The van der Waals surface area contributed by atoms with E-state index in [1.807, 2.05) is 12.1 Å². The van der Waals surface area contributed by atoms with Crippen molar-refractivity contribution >= 4 is 22.4 Å². The Morgan fingerprint density at radius 3 is 2.47 bits per heavy atom. The Morgan fingerprint density at radius 2 is 1.72 bits per heavy atom. The van der Waals surface area contributed by atoms with Crippen LogP contribution in [0.5, 0.6) is 5.75 Å². The third-order valence-corrected chi connectivity index (χ3v) is 7.27. The number of hydrogen-bond donors (Lipinski definition) is 1. The van der Waals surface area contributed by atoms with Crippen LogP contribution in [0.3, 0.4) is 0 Å². The number of anilines is 1. The molecule has 5 radical (unpaired) electrons. The molecule has 3 heterocycles. The van der Waals surface area contributed by atoms with Crippen molar-refractivity contribution in [1.82, 2.24) is 24.1 Å². The van der Waals surface area contributed by atoms with Crippen molar-refractivity contribution < 1.29 is 4.74 Å². The molecule has 0 atom stereocenters. The number of ether oxygens (including phenoxy) is 1. The Balaban J connectivity index is 1.01. The fourth-order valence-corrected chi connectivity index (χ4v) is 5.24. The van der Waals surface area contributed by atoms with Crippen molar-refractivity contribution in [3.8, 4) is 5.75 Å². The van der Waals surface area contributed by atoms with E-state index in [2.05, 4.69) is 81.5 Å². The van der Waals surface area contributed by atoms with Crippen molar-refractivity contribution in [2.24, 2.45) is 0 Å². The Morgan fingerprint density at radius 1 is 0.972 bits per heavy atom. The maximum Gasteiger partial charge on any atom is 0.151 e. The van der Waals surface area contributed by atoms with Crippen molar-refractivity contribution in [3.63, 3.8) is 0 Å². The molecule has 1 aliphatic heterocycles. The number of nitrogens with one attached hydrogen (secondary N) is 1. The van der Waals surface area contributed by atoms with E-state index >= 15 is 0 Å². The molecule has 1 saturated carbocycles. The van der Waals surface area contributed by atoms with Gasteiger partial charge in [-0.2, -0.15) is 0 Å². The van der Waals surface area contributed by atoms with Gasteiger partial charge in [0.05, 0.1) is 23.7 Å². The van der Waals surface area contributed by atoms with Gasteiger partial charge < -0.3 is 29.2 Å². The van der Waals surface area contributed by atoms with Gasteiger partial charge in [-0.15, -0.1) is 0 Å². The molecule has 0 unspecified atom stereocenters. The molecule has 0 bridgehead atoms. The average Bonchev–Trinajstić information content (AvgIpc) is 3.60. The van der Waals surface area contributed by atoms with Gasteiger partial charge in [0.1, 0.15) is 5.75 Å². The van der Waals surface area contributed by atoms with E-state index in [1.54, 1.807) is 7.11 Å². The minimum absolute atomic E-state index is 0.830. The predicted molar refractivity (Wildman–Crippen MR) is 148 cm³/mol. The van der Waals surface area contributed by atoms with E-state index in [0.717, 1.165) is 60.7 Å². The second-order valence-electron chi connectivity index (χ2n) is 9.93. The summed E-state index contributed by atoms with van der Waals surface area (Å²) in [7, 11) is 3.92. The number of fused-ring (bicyclic) bond motifs is 3. The zero-order chi connectivity index (χ0) is 24.7. The number of methoxy groups -OCH3 is 1. The van der Waals surface area contributed by atoms with Gasteiger partial charge in [-0.1, -0.05) is 0 Å². The van der Waals surface area contributed by atoms with Crippen LogP contribution in [0, 0.1) is 31.6 Å². The summed E-state index contributed by atoms with van der Waals surface area (Å²) < 4.78 is 7.60. The van der Waals surface area contributed by atoms with E-state index in [4.69, 9.17) is 9.72 Å². The lowest BCUT2D eigenvalue weighted by Crippen LogP contribution is -2.47. The van der Waals surface area contributed by atoms with Gasteiger partial charge in [0.25, 0.3) is 0 Å². The molecule has 7 heteroatoms. The highest BCUT2D eigenvalue weighted by molar-refractivity contribution is 5.85. The first kappa shape index (κ1) is 25.3. The predicted octanol–water partition coefficient (Wildman–Crippen LogP) is 3.64. The van der Waals surface area contributed by atoms with Crippen LogP contribution >= 0.6 is 0 Å². The molecule has 0 amide bonds. The first-order valence-corrected chi connectivity index (χ1v) is 13.2. The highest BCUT2D eigenvalue weighted by Gasteiger charge is 2.19. The summed E-state index contributed by atoms with van der Waals surface area (Å²) in [6, 6.07) is 10.3. The topological polar surface area (TPSA) is 48.3 Å². The highest BCUT2D eigenvalue weighted by atomic mass is 16.5. The quantitative estimate of drug-likeness (QED) is 0.394. The number of hydrogen-bond acceptors (Lipinski definition) is 6. The van der Waals surface area contributed by atoms with Gasteiger partial charge in [0.15, 0.2) is 5.82 Å². The first-order chi connectivity index (χ1) is 17.7. The van der Waals surface area contributed by atoms with Crippen molar-refractivity contribution in [2.75, 3.05) is 78.4 Å². The number of piperazine rings is 1. The molecule has 3 aromatic rings. The molecular weight excluding hydrogens is 448 g/mol. The summed E-state index contributed by atoms with van der Waals surface area (Å²) in [4.78, 5) is 12.6. The van der Waals surface area contributed by atoms with E-state index in [-0.39, 0.29) is 0 Å². The normalized spacial score (nSPS) is 18.1. The zero-order valence-electron chi connectivity index (χ0n) is 21.7. The van der Waals surface area contributed by atoms with Crippen LogP contribution < -0.4 is 10.1 Å². The third kappa shape index (κ3) is 6.31. The molecule has 0 spiro atoms. The first-order valence-electron chi connectivity index (χ1n) is 13.2. The van der Waals surface area contributed by atoms with Gasteiger partial charge in [-0.05, 0) is 95.4 Å². The lowest BCUT2D eigenvalue weighted by molar-refractivity contribution is 0.128. The van der Waals surface area contributed by atoms with E-state index < -0.39 is 0 Å². The molecule has 2 fully saturated rings. The standard InChI is InChI=1S/C29H39N6O/c1-32(23-24-8-3-4-9-24)14-7-16-34-20-18-33(19-21-34)15-6-13-30-29-28-10-5-17-35(28)27-12-11-25(36-2)22-26(27)31-29/h3-5,8-12,17,22H,6-7,13-16,18-21,23H2,1-2H3,(H,30,31). The summed E-state index contributed by atoms with van der Waals surface area (Å²) in [6.45, 7) is 10.1. The molecule has 1 N–H and O–H groups in total. The zero-order valence-corrected chi connectivity index (χ0v) is 21.7. The molecule has 1 aliphatic carbocycles. The third-order valence-electron chi connectivity index (χ3n) is 7.27. The van der Waals surface area contributed by atoms with Crippen LogP contribution in [0.15, 0.2) is 36.5 Å². The summed E-state index contributed by atoms with van der Waals surface area (Å²) in [6.07, 6.45) is 13.1. The average molecular weight is 488 g/mol. The molecule has 1 aromatic carbocycles. The smallest absolute Gasteiger partial charge is 0.151 e. The Labute approximate surface area is 216 Å². The van der Waals surface area contributed by atoms with Gasteiger partial charge in [0, 0.05) is 51.5 Å². The highest BCUT2D eigenvalue weighted by Crippen LogP contribution is 2.26. The fourth-order valence-electron chi connectivity index (χ4n) is 5.24. The molecular formula is C29H39N6O. The van der Waals surface area contributed by atoms with Crippen LogP contribution in [0.1, 0.15) is 12.8 Å². The Kier molecular flexibility index (Phi) is 8.62. The van der Waals surface area contributed by atoms with Gasteiger partial charge in [0.2, 0.25) is 0 Å². The Bertz CT molecular complexity index is 1100. The SMILES string of the molecule is COc1ccc2c(c1)nc(NCCCN1CCN(CCCN(C)C[C]3[CH][CH][CH][CH]3)CC1)c1cccn12. The summed E-state index contributed by atoms with van der Waals surface area (Å²) >= 11 is 0. The number of benzene rings is 1.